The van der Waals surface area contributed by atoms with Crippen molar-refractivity contribution in [3.05, 3.63) is 53.6 Å². The molecule has 0 unspecified atom stereocenters. The first-order valence-electron chi connectivity index (χ1n) is 8.68. The minimum atomic E-state index is -4.39. The molecule has 0 spiro atoms. The third-order valence-corrected chi connectivity index (χ3v) is 5.22. The zero-order valence-corrected chi connectivity index (χ0v) is 17.1. The summed E-state index contributed by atoms with van der Waals surface area (Å²) in [5.74, 6) is -0.246. The van der Waals surface area contributed by atoms with Crippen LogP contribution in [0.4, 0.5) is 18.9 Å². The molecule has 2 aromatic rings. The van der Waals surface area contributed by atoms with Crippen LogP contribution in [0, 0.1) is 0 Å². The number of carbonyl (C=O) groups is 1. The maximum absolute atomic E-state index is 12.7. The van der Waals surface area contributed by atoms with E-state index in [1.807, 2.05) is 0 Å². The number of ether oxygens (including phenoxy) is 2. The molecule has 7 nitrogen and oxygen atoms in total. The topological polar surface area (TPSA) is 93.7 Å². The average molecular weight is 446 g/mol. The Bertz CT molecular complexity index is 977. The zero-order chi connectivity index (χ0) is 22.4. The largest absolute Gasteiger partial charge is 0.495 e. The minimum Gasteiger partial charge on any atom is -0.495 e. The van der Waals surface area contributed by atoms with E-state index < -0.39 is 22.8 Å². The molecule has 0 bridgehead atoms. The van der Waals surface area contributed by atoms with Crippen LogP contribution in [0.1, 0.15) is 18.1 Å². The number of halogens is 3. The van der Waals surface area contributed by atoms with Crippen molar-refractivity contribution in [2.75, 3.05) is 19.0 Å². The molecule has 11 heteroatoms. The SMILES string of the molecule is COc1ccc(NC(C)=O)cc1S(=O)(=O)NCc1ccc(COCC(F)(F)F)cc1. The number of anilines is 1. The molecular weight excluding hydrogens is 425 g/mol. The summed E-state index contributed by atoms with van der Waals surface area (Å²) in [6.45, 7) is -0.305. The van der Waals surface area contributed by atoms with Crippen LogP contribution in [-0.2, 0) is 32.7 Å². The lowest BCUT2D eigenvalue weighted by molar-refractivity contribution is -0.176. The number of hydrogen-bond donors (Lipinski definition) is 2. The molecule has 0 aromatic heterocycles. The number of hydrogen-bond acceptors (Lipinski definition) is 5. The summed E-state index contributed by atoms with van der Waals surface area (Å²) >= 11 is 0. The summed E-state index contributed by atoms with van der Waals surface area (Å²) in [5.41, 5.74) is 1.41. The zero-order valence-electron chi connectivity index (χ0n) is 16.2. The van der Waals surface area contributed by atoms with Gasteiger partial charge in [-0.25, -0.2) is 13.1 Å². The van der Waals surface area contributed by atoms with Gasteiger partial charge in [0.1, 0.15) is 17.3 Å². The second kappa shape index (κ2) is 9.92. The highest BCUT2D eigenvalue weighted by Gasteiger charge is 2.27. The smallest absolute Gasteiger partial charge is 0.411 e. The van der Waals surface area contributed by atoms with E-state index in [-0.39, 0.29) is 29.7 Å². The van der Waals surface area contributed by atoms with Crippen molar-refractivity contribution in [1.29, 1.82) is 0 Å². The van der Waals surface area contributed by atoms with Gasteiger partial charge in [-0.2, -0.15) is 13.2 Å². The number of benzene rings is 2. The van der Waals surface area contributed by atoms with Gasteiger partial charge in [0, 0.05) is 19.2 Å². The third kappa shape index (κ3) is 7.32. The van der Waals surface area contributed by atoms with Crippen LogP contribution in [0.25, 0.3) is 0 Å². The lowest BCUT2D eigenvalue weighted by Gasteiger charge is -2.13. The van der Waals surface area contributed by atoms with Gasteiger partial charge < -0.3 is 14.8 Å². The van der Waals surface area contributed by atoms with Gasteiger partial charge in [0.25, 0.3) is 0 Å². The van der Waals surface area contributed by atoms with Crippen LogP contribution in [0.5, 0.6) is 5.75 Å². The van der Waals surface area contributed by atoms with Crippen molar-refractivity contribution in [2.45, 2.75) is 31.1 Å². The van der Waals surface area contributed by atoms with Crippen LogP contribution in [-0.4, -0.2) is 34.2 Å². The van der Waals surface area contributed by atoms with Gasteiger partial charge >= 0.3 is 6.18 Å². The molecule has 0 saturated heterocycles. The summed E-state index contributed by atoms with van der Waals surface area (Å²) in [6.07, 6.45) is -4.39. The number of nitrogens with one attached hydrogen (secondary N) is 2. The van der Waals surface area contributed by atoms with Crippen LogP contribution in [0.3, 0.4) is 0 Å². The average Bonchev–Trinajstić information content (AvgIpc) is 2.66. The van der Waals surface area contributed by atoms with Gasteiger partial charge in [-0.3, -0.25) is 4.79 Å². The fourth-order valence-electron chi connectivity index (χ4n) is 2.46. The Labute approximate surface area is 172 Å². The molecule has 1 amide bonds. The Hall–Kier alpha value is -2.63. The fourth-order valence-corrected chi connectivity index (χ4v) is 3.67. The van der Waals surface area contributed by atoms with E-state index in [2.05, 4.69) is 14.8 Å². The Kier molecular flexibility index (Phi) is 7.82. The highest BCUT2D eigenvalue weighted by molar-refractivity contribution is 7.89. The number of sulfonamides is 1. The summed E-state index contributed by atoms with van der Waals surface area (Å²) in [4.78, 5) is 11.1. The number of amides is 1. The minimum absolute atomic E-state index is 0.0560. The highest BCUT2D eigenvalue weighted by atomic mass is 32.2. The van der Waals surface area contributed by atoms with Gasteiger partial charge in [0.15, 0.2) is 0 Å². The first-order chi connectivity index (χ1) is 14.0. The number of rotatable bonds is 9. The Morgan fingerprint density at radius 1 is 1.07 bits per heavy atom. The van der Waals surface area contributed by atoms with Gasteiger partial charge in [0.05, 0.1) is 13.7 Å². The normalized spacial score (nSPS) is 11.9. The van der Waals surface area contributed by atoms with E-state index in [0.717, 1.165) is 0 Å². The molecule has 0 aliphatic rings. The molecule has 0 fully saturated rings. The standard InChI is InChI=1S/C19H21F3N2O5S/c1-13(25)24-16-7-8-17(28-2)18(9-16)30(26,27)23-10-14-3-5-15(6-4-14)11-29-12-19(20,21)22/h3-9,23H,10-12H2,1-2H3,(H,24,25). The van der Waals surface area contributed by atoms with Crippen molar-refractivity contribution in [3.63, 3.8) is 0 Å². The van der Waals surface area contributed by atoms with E-state index >= 15 is 0 Å². The summed E-state index contributed by atoms with van der Waals surface area (Å²) in [5, 5.41) is 2.51. The van der Waals surface area contributed by atoms with Gasteiger partial charge in [0.2, 0.25) is 15.9 Å². The van der Waals surface area contributed by atoms with Crippen LogP contribution < -0.4 is 14.8 Å². The second-order valence-corrected chi connectivity index (χ2v) is 8.03. The summed E-state index contributed by atoms with van der Waals surface area (Å²) in [7, 11) is -2.65. The first kappa shape index (κ1) is 23.6. The van der Waals surface area contributed by atoms with Gasteiger partial charge in [-0.15, -0.1) is 0 Å². The molecule has 2 N–H and O–H groups in total. The van der Waals surface area contributed by atoms with Gasteiger partial charge in [-0.05, 0) is 29.3 Å². The Morgan fingerprint density at radius 2 is 1.70 bits per heavy atom. The third-order valence-electron chi connectivity index (χ3n) is 3.80. The second-order valence-electron chi connectivity index (χ2n) is 6.30. The van der Waals surface area contributed by atoms with Crippen molar-refractivity contribution in [2.24, 2.45) is 0 Å². The first-order valence-corrected chi connectivity index (χ1v) is 10.2. The van der Waals surface area contributed by atoms with Crippen molar-refractivity contribution >= 4 is 21.6 Å². The molecule has 0 radical (unpaired) electrons. The van der Waals surface area contributed by atoms with Crippen LogP contribution in [0.2, 0.25) is 0 Å². The van der Waals surface area contributed by atoms with Crippen molar-refractivity contribution in [1.82, 2.24) is 4.72 Å². The number of methoxy groups -OCH3 is 1. The highest BCUT2D eigenvalue weighted by Crippen LogP contribution is 2.27. The molecule has 30 heavy (non-hydrogen) atoms. The molecule has 2 aromatic carbocycles. The molecule has 0 saturated carbocycles. The van der Waals surface area contributed by atoms with E-state index in [4.69, 9.17) is 4.74 Å². The maximum atomic E-state index is 12.7. The van der Waals surface area contributed by atoms with Crippen molar-refractivity contribution in [3.8, 4) is 5.75 Å². The molecule has 0 atom stereocenters. The predicted octanol–water partition coefficient (Wildman–Crippen LogP) is 3.21. The molecule has 0 aliphatic heterocycles. The van der Waals surface area contributed by atoms with E-state index in [1.165, 1.54) is 32.2 Å². The molecule has 164 valence electrons. The van der Waals surface area contributed by atoms with E-state index in [1.54, 1.807) is 24.3 Å². The van der Waals surface area contributed by atoms with E-state index in [0.29, 0.717) is 16.8 Å². The molecule has 0 aliphatic carbocycles. The quantitative estimate of drug-likeness (QED) is 0.617. The fraction of sp³-hybridized carbons (Fsp3) is 0.316. The molecule has 2 rings (SSSR count). The Morgan fingerprint density at radius 3 is 2.27 bits per heavy atom. The van der Waals surface area contributed by atoms with E-state index in [9.17, 15) is 26.4 Å². The lowest BCUT2D eigenvalue weighted by atomic mass is 10.1. The van der Waals surface area contributed by atoms with Crippen molar-refractivity contribution < 1.29 is 35.9 Å². The molecule has 0 heterocycles. The van der Waals surface area contributed by atoms with Crippen LogP contribution in [0.15, 0.2) is 47.4 Å². The lowest BCUT2D eigenvalue weighted by Crippen LogP contribution is -2.24. The Balaban J connectivity index is 2.05. The maximum Gasteiger partial charge on any atom is 0.411 e. The molecular formula is C19H21F3N2O5S. The van der Waals surface area contributed by atoms with Gasteiger partial charge in [-0.1, -0.05) is 24.3 Å². The monoisotopic (exact) mass is 446 g/mol. The number of alkyl halides is 3. The summed E-state index contributed by atoms with van der Waals surface area (Å²) < 4.78 is 73.8. The summed E-state index contributed by atoms with van der Waals surface area (Å²) in [6, 6.07) is 10.5. The predicted molar refractivity (Wildman–Crippen MR) is 103 cm³/mol. The van der Waals surface area contributed by atoms with Crippen LogP contribution >= 0.6 is 0 Å². The number of carbonyl (C=O) groups excluding carboxylic acids is 1.